The van der Waals surface area contributed by atoms with Gasteiger partial charge in [0.15, 0.2) is 9.84 Å². The molecule has 1 aliphatic rings. The van der Waals surface area contributed by atoms with Crippen LogP contribution < -0.4 is 10.9 Å². The zero-order valence-corrected chi connectivity index (χ0v) is 19.2. The van der Waals surface area contributed by atoms with Gasteiger partial charge in [0.05, 0.1) is 16.2 Å². The van der Waals surface area contributed by atoms with Crippen molar-refractivity contribution in [1.29, 1.82) is 0 Å². The lowest BCUT2D eigenvalue weighted by atomic mass is 10.1. The number of hydrogen-bond acceptors (Lipinski definition) is 6. The van der Waals surface area contributed by atoms with Crippen molar-refractivity contribution in [2.24, 2.45) is 0 Å². The fourth-order valence-corrected chi connectivity index (χ4v) is 5.46. The molecule has 2 aromatic rings. The quantitative estimate of drug-likeness (QED) is 0.600. The minimum Gasteiger partial charge on any atom is -0.273 e. The SMILES string of the molecule is CS(=O)(=O)c1ccc(C(=O)NNC(=O)Cc2ccc(S(=O)(=O)N3CCCCC3)cc2)cc1. The summed E-state index contributed by atoms with van der Waals surface area (Å²) < 4.78 is 49.8. The second-order valence-electron chi connectivity index (χ2n) is 7.58. The van der Waals surface area contributed by atoms with Crippen molar-refractivity contribution in [1.82, 2.24) is 15.2 Å². The Morgan fingerprint density at radius 2 is 1.38 bits per heavy atom. The summed E-state index contributed by atoms with van der Waals surface area (Å²) in [4.78, 5) is 24.5. The molecule has 9 nitrogen and oxygen atoms in total. The third-order valence-electron chi connectivity index (χ3n) is 5.10. The number of hydrogen-bond donors (Lipinski definition) is 2. The van der Waals surface area contributed by atoms with Crippen LogP contribution in [0.5, 0.6) is 0 Å². The van der Waals surface area contributed by atoms with Crippen LogP contribution in [0, 0.1) is 0 Å². The monoisotopic (exact) mass is 479 g/mol. The molecule has 3 rings (SSSR count). The number of benzene rings is 2. The topological polar surface area (TPSA) is 130 Å². The fourth-order valence-electron chi connectivity index (χ4n) is 3.32. The second kappa shape index (κ2) is 9.80. The van der Waals surface area contributed by atoms with Crippen LogP contribution in [0.2, 0.25) is 0 Å². The third kappa shape index (κ3) is 5.93. The van der Waals surface area contributed by atoms with Gasteiger partial charge in [-0.2, -0.15) is 4.31 Å². The van der Waals surface area contributed by atoms with Crippen LogP contribution >= 0.6 is 0 Å². The van der Waals surface area contributed by atoms with Gasteiger partial charge in [0.2, 0.25) is 15.9 Å². The lowest BCUT2D eigenvalue weighted by molar-refractivity contribution is -0.121. The highest BCUT2D eigenvalue weighted by Crippen LogP contribution is 2.21. The molecule has 0 bridgehead atoms. The van der Waals surface area contributed by atoms with Crippen LogP contribution in [-0.2, 0) is 31.1 Å². The Balaban J connectivity index is 1.54. The number of rotatable bonds is 6. The number of hydrazine groups is 1. The highest BCUT2D eigenvalue weighted by molar-refractivity contribution is 7.90. The Kier molecular flexibility index (Phi) is 7.32. The number of piperidine rings is 1. The van der Waals surface area contributed by atoms with Crippen molar-refractivity contribution in [2.75, 3.05) is 19.3 Å². The summed E-state index contributed by atoms with van der Waals surface area (Å²) >= 11 is 0. The summed E-state index contributed by atoms with van der Waals surface area (Å²) in [7, 11) is -6.90. The van der Waals surface area contributed by atoms with Crippen molar-refractivity contribution in [3.05, 3.63) is 59.7 Å². The largest absolute Gasteiger partial charge is 0.273 e. The number of sulfone groups is 1. The van der Waals surface area contributed by atoms with Crippen molar-refractivity contribution >= 4 is 31.7 Å². The maximum absolute atomic E-state index is 12.7. The Bertz CT molecular complexity index is 1190. The van der Waals surface area contributed by atoms with Gasteiger partial charge in [-0.1, -0.05) is 18.6 Å². The summed E-state index contributed by atoms with van der Waals surface area (Å²) in [5.74, 6) is -1.08. The number of carbonyl (C=O) groups excluding carboxylic acids is 2. The van der Waals surface area contributed by atoms with Gasteiger partial charge in [0, 0.05) is 24.9 Å². The molecule has 0 aliphatic carbocycles. The maximum Gasteiger partial charge on any atom is 0.269 e. The predicted molar refractivity (Wildman–Crippen MR) is 118 cm³/mol. The maximum atomic E-state index is 12.7. The third-order valence-corrected chi connectivity index (χ3v) is 8.14. The van der Waals surface area contributed by atoms with Crippen molar-refractivity contribution in [2.45, 2.75) is 35.5 Å². The Morgan fingerprint density at radius 1 is 0.812 bits per heavy atom. The average Bonchev–Trinajstić information content (AvgIpc) is 2.78. The summed E-state index contributed by atoms with van der Waals surface area (Å²) in [6.07, 6.45) is 3.74. The predicted octanol–water partition coefficient (Wildman–Crippen LogP) is 1.27. The van der Waals surface area contributed by atoms with Crippen molar-refractivity contribution in [3.8, 4) is 0 Å². The number of sulfonamides is 1. The van der Waals surface area contributed by atoms with Gasteiger partial charge in [-0.25, -0.2) is 16.8 Å². The average molecular weight is 480 g/mol. The molecule has 1 fully saturated rings. The van der Waals surface area contributed by atoms with Gasteiger partial charge in [-0.3, -0.25) is 20.4 Å². The summed E-state index contributed by atoms with van der Waals surface area (Å²) in [5.41, 5.74) is 5.33. The first-order valence-electron chi connectivity index (χ1n) is 10.1. The van der Waals surface area contributed by atoms with E-state index in [1.807, 2.05) is 0 Å². The van der Waals surface area contributed by atoms with Gasteiger partial charge in [-0.05, 0) is 54.8 Å². The molecule has 32 heavy (non-hydrogen) atoms. The van der Waals surface area contributed by atoms with E-state index in [1.54, 1.807) is 12.1 Å². The van der Waals surface area contributed by atoms with E-state index in [-0.39, 0.29) is 21.8 Å². The molecule has 2 amide bonds. The highest BCUT2D eigenvalue weighted by Gasteiger charge is 2.25. The van der Waals surface area contributed by atoms with E-state index in [9.17, 15) is 26.4 Å². The van der Waals surface area contributed by atoms with Crippen LogP contribution in [0.1, 0.15) is 35.2 Å². The van der Waals surface area contributed by atoms with E-state index in [0.29, 0.717) is 18.7 Å². The smallest absolute Gasteiger partial charge is 0.269 e. The zero-order valence-electron chi connectivity index (χ0n) is 17.6. The Morgan fingerprint density at radius 3 is 1.94 bits per heavy atom. The Labute approximate surface area is 187 Å². The molecule has 1 heterocycles. The summed E-state index contributed by atoms with van der Waals surface area (Å²) in [5, 5.41) is 0. The fraction of sp³-hybridized carbons (Fsp3) is 0.333. The highest BCUT2D eigenvalue weighted by atomic mass is 32.2. The molecule has 2 aromatic carbocycles. The minimum absolute atomic E-state index is 0.0582. The van der Waals surface area contributed by atoms with Gasteiger partial charge in [0.1, 0.15) is 0 Å². The molecule has 0 unspecified atom stereocenters. The van der Waals surface area contributed by atoms with Crippen LogP contribution in [0.25, 0.3) is 0 Å². The molecule has 0 atom stereocenters. The number of nitrogens with one attached hydrogen (secondary N) is 2. The molecule has 11 heteroatoms. The number of nitrogens with zero attached hydrogens (tertiary/aromatic N) is 1. The summed E-state index contributed by atoms with van der Waals surface area (Å²) in [6.45, 7) is 1.03. The van der Waals surface area contributed by atoms with Crippen molar-refractivity contribution in [3.63, 3.8) is 0 Å². The molecule has 172 valence electrons. The van der Waals surface area contributed by atoms with E-state index >= 15 is 0 Å². The van der Waals surface area contributed by atoms with E-state index in [1.165, 1.54) is 40.7 Å². The van der Waals surface area contributed by atoms with E-state index in [2.05, 4.69) is 10.9 Å². The van der Waals surface area contributed by atoms with Gasteiger partial charge < -0.3 is 0 Å². The van der Waals surface area contributed by atoms with E-state index < -0.39 is 31.7 Å². The molecule has 1 saturated heterocycles. The molecule has 0 radical (unpaired) electrons. The lowest BCUT2D eigenvalue weighted by Gasteiger charge is -2.25. The molecule has 2 N–H and O–H groups in total. The van der Waals surface area contributed by atoms with Crippen LogP contribution in [-0.4, -0.2) is 52.3 Å². The zero-order chi connectivity index (χ0) is 23.4. The molecular formula is C21H25N3O6S2. The van der Waals surface area contributed by atoms with Crippen LogP contribution in [0.4, 0.5) is 0 Å². The standard InChI is InChI=1S/C21H25N3O6S2/c1-31(27,28)18-11-7-17(8-12-18)21(26)23-22-20(25)15-16-5-9-19(10-6-16)32(29,30)24-13-3-2-4-14-24/h5-12H,2-4,13-15H2,1H3,(H,22,25)(H,23,26). The van der Waals surface area contributed by atoms with Crippen LogP contribution in [0.3, 0.4) is 0 Å². The number of amides is 2. The van der Waals surface area contributed by atoms with Gasteiger partial charge >= 0.3 is 0 Å². The van der Waals surface area contributed by atoms with Gasteiger partial charge in [0.25, 0.3) is 5.91 Å². The van der Waals surface area contributed by atoms with Crippen molar-refractivity contribution < 1.29 is 26.4 Å². The minimum atomic E-state index is -3.53. The van der Waals surface area contributed by atoms with Crippen LogP contribution in [0.15, 0.2) is 58.3 Å². The van der Waals surface area contributed by atoms with E-state index in [4.69, 9.17) is 0 Å². The summed E-state index contributed by atoms with van der Waals surface area (Å²) in [6, 6.07) is 11.4. The normalized spacial score (nSPS) is 15.2. The molecule has 0 spiro atoms. The Hall–Kier alpha value is -2.76. The first-order chi connectivity index (χ1) is 15.1. The van der Waals surface area contributed by atoms with Gasteiger partial charge in [-0.15, -0.1) is 0 Å². The number of carbonyl (C=O) groups is 2. The first-order valence-corrected chi connectivity index (χ1v) is 13.4. The molecule has 0 aromatic heterocycles. The molecule has 1 aliphatic heterocycles. The molecule has 0 saturated carbocycles. The molecular weight excluding hydrogens is 454 g/mol. The first kappa shape index (κ1) is 23.9. The second-order valence-corrected chi connectivity index (χ2v) is 11.5. The van der Waals surface area contributed by atoms with E-state index in [0.717, 1.165) is 25.5 Å². The lowest BCUT2D eigenvalue weighted by Crippen LogP contribution is -2.42.